The second-order valence-corrected chi connectivity index (χ2v) is 5.43. The van der Waals surface area contributed by atoms with Crippen molar-refractivity contribution in [2.45, 2.75) is 6.92 Å². The summed E-state index contributed by atoms with van der Waals surface area (Å²) in [5, 5.41) is 4.56. The third-order valence-corrected chi connectivity index (χ3v) is 3.60. The van der Waals surface area contributed by atoms with E-state index in [0.29, 0.717) is 21.9 Å². The van der Waals surface area contributed by atoms with Crippen molar-refractivity contribution in [1.29, 1.82) is 0 Å². The molecule has 0 saturated heterocycles. The summed E-state index contributed by atoms with van der Waals surface area (Å²) in [4.78, 5) is 20.7. The molecule has 1 aromatic carbocycles. The van der Waals surface area contributed by atoms with Gasteiger partial charge < -0.3 is 10.1 Å². The third kappa shape index (κ3) is 3.10. The van der Waals surface area contributed by atoms with Gasteiger partial charge in [-0.1, -0.05) is 17.7 Å². The SMILES string of the molecule is COC(=O)c1cnc2nc(C)ccc2c1Nc1cccc(Cl)c1. The van der Waals surface area contributed by atoms with Crippen molar-refractivity contribution in [3.63, 3.8) is 0 Å². The largest absolute Gasteiger partial charge is 0.465 e. The summed E-state index contributed by atoms with van der Waals surface area (Å²) in [5.41, 5.74) is 3.10. The van der Waals surface area contributed by atoms with Gasteiger partial charge in [0.05, 0.1) is 12.8 Å². The Hall–Kier alpha value is -2.66. The lowest BCUT2D eigenvalue weighted by molar-refractivity contribution is 0.0601. The summed E-state index contributed by atoms with van der Waals surface area (Å²) in [6.07, 6.45) is 1.47. The number of hydrogen-bond donors (Lipinski definition) is 1. The molecule has 1 N–H and O–H groups in total. The van der Waals surface area contributed by atoms with Crippen LogP contribution in [-0.2, 0) is 4.74 Å². The number of aryl methyl sites for hydroxylation is 1. The maximum Gasteiger partial charge on any atom is 0.341 e. The monoisotopic (exact) mass is 327 g/mol. The van der Waals surface area contributed by atoms with Crippen LogP contribution in [0.5, 0.6) is 0 Å². The molecule has 0 unspecified atom stereocenters. The molecule has 6 heteroatoms. The highest BCUT2D eigenvalue weighted by atomic mass is 35.5. The molecule has 0 aliphatic rings. The van der Waals surface area contributed by atoms with Gasteiger partial charge in [-0.15, -0.1) is 0 Å². The number of ether oxygens (including phenoxy) is 1. The van der Waals surface area contributed by atoms with Crippen LogP contribution >= 0.6 is 11.6 Å². The van der Waals surface area contributed by atoms with Crippen molar-refractivity contribution in [2.24, 2.45) is 0 Å². The highest BCUT2D eigenvalue weighted by Crippen LogP contribution is 2.30. The van der Waals surface area contributed by atoms with Gasteiger partial charge in [-0.25, -0.2) is 14.8 Å². The fourth-order valence-electron chi connectivity index (χ4n) is 2.28. The lowest BCUT2D eigenvalue weighted by Gasteiger charge is -2.13. The third-order valence-electron chi connectivity index (χ3n) is 3.37. The predicted octanol–water partition coefficient (Wildman–Crippen LogP) is 4.12. The average molecular weight is 328 g/mol. The lowest BCUT2D eigenvalue weighted by Crippen LogP contribution is -2.07. The average Bonchev–Trinajstić information content (AvgIpc) is 2.54. The van der Waals surface area contributed by atoms with Crippen LogP contribution in [-0.4, -0.2) is 23.0 Å². The number of pyridine rings is 2. The van der Waals surface area contributed by atoms with E-state index in [4.69, 9.17) is 16.3 Å². The van der Waals surface area contributed by atoms with E-state index in [1.165, 1.54) is 13.3 Å². The molecule has 3 aromatic rings. The van der Waals surface area contributed by atoms with Crippen LogP contribution in [0.4, 0.5) is 11.4 Å². The summed E-state index contributed by atoms with van der Waals surface area (Å²) in [7, 11) is 1.34. The van der Waals surface area contributed by atoms with Gasteiger partial charge in [0.25, 0.3) is 0 Å². The highest BCUT2D eigenvalue weighted by Gasteiger charge is 2.17. The number of aromatic nitrogens is 2. The molecule has 0 aliphatic carbocycles. The number of methoxy groups -OCH3 is 1. The summed E-state index contributed by atoms with van der Waals surface area (Å²) in [6.45, 7) is 1.89. The molecule has 116 valence electrons. The van der Waals surface area contributed by atoms with Crippen molar-refractivity contribution in [3.8, 4) is 0 Å². The van der Waals surface area contributed by atoms with Crippen LogP contribution in [0.15, 0.2) is 42.6 Å². The van der Waals surface area contributed by atoms with Crippen LogP contribution in [0, 0.1) is 6.92 Å². The smallest absolute Gasteiger partial charge is 0.341 e. The fourth-order valence-corrected chi connectivity index (χ4v) is 2.47. The Morgan fingerprint density at radius 3 is 2.83 bits per heavy atom. The van der Waals surface area contributed by atoms with Crippen molar-refractivity contribution in [1.82, 2.24) is 9.97 Å². The van der Waals surface area contributed by atoms with Crippen LogP contribution in [0.3, 0.4) is 0 Å². The number of nitrogens with one attached hydrogen (secondary N) is 1. The zero-order valence-corrected chi connectivity index (χ0v) is 13.4. The Labute approximate surface area is 138 Å². The first-order valence-corrected chi connectivity index (χ1v) is 7.33. The zero-order chi connectivity index (χ0) is 16.4. The van der Waals surface area contributed by atoms with Gasteiger partial charge in [0.15, 0.2) is 5.65 Å². The number of anilines is 2. The molecular formula is C17H14ClN3O2. The standard InChI is InChI=1S/C17H14ClN3O2/c1-10-6-7-13-15(21-12-5-3-4-11(18)8-12)14(17(22)23-2)9-19-16(13)20-10/h3-9H,1-2H3,(H,19,20,21). The van der Waals surface area contributed by atoms with Gasteiger partial charge in [0, 0.05) is 28.0 Å². The second-order valence-electron chi connectivity index (χ2n) is 5.00. The van der Waals surface area contributed by atoms with E-state index in [1.807, 2.05) is 31.2 Å². The molecule has 0 saturated carbocycles. The molecular weight excluding hydrogens is 314 g/mol. The number of nitrogens with zero attached hydrogens (tertiary/aromatic N) is 2. The van der Waals surface area contributed by atoms with Gasteiger partial charge >= 0.3 is 5.97 Å². The molecule has 0 spiro atoms. The van der Waals surface area contributed by atoms with Gasteiger partial charge in [-0.3, -0.25) is 0 Å². The lowest BCUT2D eigenvalue weighted by atomic mass is 10.1. The minimum atomic E-state index is -0.468. The van der Waals surface area contributed by atoms with Gasteiger partial charge in [0.2, 0.25) is 0 Å². The summed E-state index contributed by atoms with van der Waals surface area (Å²) in [6, 6.07) is 11.0. The molecule has 0 atom stereocenters. The minimum absolute atomic E-state index is 0.339. The molecule has 23 heavy (non-hydrogen) atoms. The maximum atomic E-state index is 12.1. The van der Waals surface area contributed by atoms with Crippen LogP contribution in [0.2, 0.25) is 5.02 Å². The maximum absolute atomic E-state index is 12.1. The van der Waals surface area contributed by atoms with E-state index in [-0.39, 0.29) is 0 Å². The van der Waals surface area contributed by atoms with Crippen molar-refractivity contribution < 1.29 is 9.53 Å². The first kappa shape index (κ1) is 15.2. The van der Waals surface area contributed by atoms with Crippen LogP contribution in [0.25, 0.3) is 11.0 Å². The Morgan fingerprint density at radius 1 is 1.26 bits per heavy atom. The Morgan fingerprint density at radius 2 is 2.09 bits per heavy atom. The summed E-state index contributed by atoms with van der Waals surface area (Å²) < 4.78 is 4.85. The van der Waals surface area contributed by atoms with E-state index in [0.717, 1.165) is 16.8 Å². The quantitative estimate of drug-likeness (QED) is 0.733. The molecule has 0 bridgehead atoms. The van der Waals surface area contributed by atoms with E-state index in [9.17, 15) is 4.79 Å². The van der Waals surface area contributed by atoms with E-state index in [2.05, 4.69) is 15.3 Å². The Balaban J connectivity index is 2.19. The van der Waals surface area contributed by atoms with Crippen molar-refractivity contribution in [2.75, 3.05) is 12.4 Å². The van der Waals surface area contributed by atoms with Gasteiger partial charge in [-0.05, 0) is 37.3 Å². The summed E-state index contributed by atoms with van der Waals surface area (Å²) in [5.74, 6) is -0.468. The Bertz CT molecular complexity index is 896. The molecule has 0 aliphatic heterocycles. The van der Waals surface area contributed by atoms with E-state index < -0.39 is 5.97 Å². The number of carbonyl (C=O) groups excluding carboxylic acids is 1. The van der Waals surface area contributed by atoms with Crippen LogP contribution < -0.4 is 5.32 Å². The molecule has 3 rings (SSSR count). The molecule has 5 nitrogen and oxygen atoms in total. The first-order valence-electron chi connectivity index (χ1n) is 6.96. The normalized spacial score (nSPS) is 10.6. The number of benzene rings is 1. The number of carbonyl (C=O) groups is 1. The number of esters is 1. The van der Waals surface area contributed by atoms with Crippen molar-refractivity contribution in [3.05, 3.63) is 58.9 Å². The minimum Gasteiger partial charge on any atom is -0.465 e. The molecule has 2 aromatic heterocycles. The number of rotatable bonds is 3. The van der Waals surface area contributed by atoms with E-state index >= 15 is 0 Å². The molecule has 0 fully saturated rings. The van der Waals surface area contributed by atoms with Crippen molar-refractivity contribution >= 4 is 40.0 Å². The Kier molecular flexibility index (Phi) is 4.12. The predicted molar refractivity (Wildman–Crippen MR) is 90.3 cm³/mol. The van der Waals surface area contributed by atoms with Crippen LogP contribution in [0.1, 0.15) is 16.1 Å². The number of fused-ring (bicyclic) bond motifs is 1. The van der Waals surface area contributed by atoms with E-state index in [1.54, 1.807) is 12.1 Å². The zero-order valence-electron chi connectivity index (χ0n) is 12.6. The first-order chi connectivity index (χ1) is 11.1. The summed E-state index contributed by atoms with van der Waals surface area (Å²) >= 11 is 6.02. The van der Waals surface area contributed by atoms with Gasteiger partial charge in [0.1, 0.15) is 5.56 Å². The van der Waals surface area contributed by atoms with Gasteiger partial charge in [-0.2, -0.15) is 0 Å². The second kappa shape index (κ2) is 6.22. The highest BCUT2D eigenvalue weighted by molar-refractivity contribution is 6.30. The number of halogens is 1. The number of hydrogen-bond acceptors (Lipinski definition) is 5. The molecule has 2 heterocycles. The molecule has 0 amide bonds. The molecule has 0 radical (unpaired) electrons. The topological polar surface area (TPSA) is 64.1 Å². The fraction of sp³-hybridized carbons (Fsp3) is 0.118.